The van der Waals surface area contributed by atoms with Gasteiger partial charge in [0.2, 0.25) is 0 Å². The van der Waals surface area contributed by atoms with Crippen LogP contribution in [0.4, 0.5) is 4.79 Å². The first kappa shape index (κ1) is 13.7. The van der Waals surface area contributed by atoms with Crippen LogP contribution >= 0.6 is 0 Å². The molecule has 0 atom stereocenters. The molecule has 1 fully saturated rings. The molecule has 0 aromatic heterocycles. The Morgan fingerprint density at radius 2 is 2.21 bits per heavy atom. The summed E-state index contributed by atoms with van der Waals surface area (Å²) in [5.41, 5.74) is 1.17. The minimum Gasteiger partial charge on any atom is -0.497 e. The van der Waals surface area contributed by atoms with Gasteiger partial charge in [0.1, 0.15) is 5.75 Å². The third-order valence-electron chi connectivity index (χ3n) is 3.23. The van der Waals surface area contributed by atoms with E-state index < -0.39 is 0 Å². The number of rotatable bonds is 4. The SMILES string of the molecule is COc1cccc(CCNC(=O)N2CCNCC2)c1. The van der Waals surface area contributed by atoms with E-state index in [0.29, 0.717) is 6.54 Å². The van der Waals surface area contributed by atoms with Crippen molar-refractivity contribution in [1.82, 2.24) is 15.5 Å². The van der Waals surface area contributed by atoms with E-state index in [1.165, 1.54) is 5.56 Å². The van der Waals surface area contributed by atoms with E-state index in [0.717, 1.165) is 38.3 Å². The van der Waals surface area contributed by atoms with E-state index in [9.17, 15) is 4.79 Å². The van der Waals surface area contributed by atoms with Crippen molar-refractivity contribution in [2.45, 2.75) is 6.42 Å². The van der Waals surface area contributed by atoms with E-state index in [4.69, 9.17) is 4.74 Å². The lowest BCUT2D eigenvalue weighted by Gasteiger charge is -2.27. The van der Waals surface area contributed by atoms with Gasteiger partial charge in [-0.25, -0.2) is 4.79 Å². The molecule has 2 N–H and O–H groups in total. The molecule has 1 aliphatic heterocycles. The summed E-state index contributed by atoms with van der Waals surface area (Å²) in [7, 11) is 1.66. The molecule has 1 aliphatic rings. The summed E-state index contributed by atoms with van der Waals surface area (Å²) < 4.78 is 5.17. The molecule has 2 amide bonds. The second-order valence-electron chi connectivity index (χ2n) is 4.57. The van der Waals surface area contributed by atoms with Gasteiger partial charge in [0.05, 0.1) is 7.11 Å². The topological polar surface area (TPSA) is 53.6 Å². The van der Waals surface area contributed by atoms with Gasteiger partial charge in [-0.15, -0.1) is 0 Å². The number of nitrogens with one attached hydrogen (secondary N) is 2. The summed E-state index contributed by atoms with van der Waals surface area (Å²) in [6, 6.07) is 7.95. The van der Waals surface area contributed by atoms with Crippen molar-refractivity contribution in [3.05, 3.63) is 29.8 Å². The Labute approximate surface area is 113 Å². The Hall–Kier alpha value is -1.75. The first-order valence-electron chi connectivity index (χ1n) is 6.66. The van der Waals surface area contributed by atoms with Crippen molar-refractivity contribution in [1.29, 1.82) is 0 Å². The minimum atomic E-state index is 0.0318. The third kappa shape index (κ3) is 4.13. The monoisotopic (exact) mass is 263 g/mol. The fourth-order valence-corrected chi connectivity index (χ4v) is 2.12. The molecule has 0 radical (unpaired) electrons. The zero-order chi connectivity index (χ0) is 13.5. The van der Waals surface area contributed by atoms with Crippen molar-refractivity contribution in [2.75, 3.05) is 39.8 Å². The van der Waals surface area contributed by atoms with E-state index >= 15 is 0 Å². The lowest BCUT2D eigenvalue weighted by Crippen LogP contribution is -2.50. The average Bonchev–Trinajstić information content (AvgIpc) is 2.48. The van der Waals surface area contributed by atoms with Crippen LogP contribution in [0.15, 0.2) is 24.3 Å². The lowest BCUT2D eigenvalue weighted by molar-refractivity contribution is 0.190. The molecule has 1 heterocycles. The summed E-state index contributed by atoms with van der Waals surface area (Å²) in [5.74, 6) is 0.853. The van der Waals surface area contributed by atoms with Crippen LogP contribution in [0.5, 0.6) is 5.75 Å². The third-order valence-corrected chi connectivity index (χ3v) is 3.23. The molecule has 0 unspecified atom stereocenters. The molecule has 0 spiro atoms. The van der Waals surface area contributed by atoms with Gasteiger partial charge in [-0.05, 0) is 24.1 Å². The van der Waals surface area contributed by atoms with Gasteiger partial charge < -0.3 is 20.3 Å². The van der Waals surface area contributed by atoms with Crippen molar-refractivity contribution in [3.8, 4) is 5.75 Å². The van der Waals surface area contributed by atoms with E-state index in [1.54, 1.807) is 7.11 Å². The number of ether oxygens (including phenoxy) is 1. The van der Waals surface area contributed by atoms with Gasteiger partial charge in [0, 0.05) is 32.7 Å². The molecule has 0 aliphatic carbocycles. The van der Waals surface area contributed by atoms with Crippen molar-refractivity contribution >= 4 is 6.03 Å². The van der Waals surface area contributed by atoms with Crippen LogP contribution in [0.1, 0.15) is 5.56 Å². The number of urea groups is 1. The summed E-state index contributed by atoms with van der Waals surface area (Å²) in [6.07, 6.45) is 0.815. The van der Waals surface area contributed by atoms with Crippen LogP contribution in [-0.2, 0) is 6.42 Å². The number of benzene rings is 1. The van der Waals surface area contributed by atoms with Crippen LogP contribution in [0.3, 0.4) is 0 Å². The van der Waals surface area contributed by atoms with Gasteiger partial charge >= 0.3 is 6.03 Å². The number of hydrogen-bond acceptors (Lipinski definition) is 3. The van der Waals surface area contributed by atoms with Crippen molar-refractivity contribution in [3.63, 3.8) is 0 Å². The van der Waals surface area contributed by atoms with E-state index in [-0.39, 0.29) is 6.03 Å². The fourth-order valence-electron chi connectivity index (χ4n) is 2.12. The highest BCUT2D eigenvalue weighted by Crippen LogP contribution is 2.12. The maximum absolute atomic E-state index is 11.9. The van der Waals surface area contributed by atoms with Gasteiger partial charge in [-0.1, -0.05) is 12.1 Å². The highest BCUT2D eigenvalue weighted by Gasteiger charge is 2.14. The Balaban J connectivity index is 1.74. The summed E-state index contributed by atoms with van der Waals surface area (Å²) in [5, 5.41) is 6.19. The molecule has 0 bridgehead atoms. The number of nitrogens with zero attached hydrogens (tertiary/aromatic N) is 1. The van der Waals surface area contributed by atoms with Gasteiger partial charge in [-0.3, -0.25) is 0 Å². The molecule has 19 heavy (non-hydrogen) atoms. The molecule has 2 rings (SSSR count). The Kier molecular flexibility index (Phi) is 5.03. The highest BCUT2D eigenvalue weighted by molar-refractivity contribution is 5.74. The summed E-state index contributed by atoms with van der Waals surface area (Å²) in [4.78, 5) is 13.7. The Morgan fingerprint density at radius 3 is 2.95 bits per heavy atom. The number of methoxy groups -OCH3 is 1. The molecule has 1 saturated heterocycles. The van der Waals surface area contributed by atoms with Crippen LogP contribution in [0.25, 0.3) is 0 Å². The number of hydrogen-bond donors (Lipinski definition) is 2. The van der Waals surface area contributed by atoms with Gasteiger partial charge in [-0.2, -0.15) is 0 Å². The zero-order valence-electron chi connectivity index (χ0n) is 11.3. The van der Waals surface area contributed by atoms with E-state index in [1.807, 2.05) is 29.2 Å². The first-order chi connectivity index (χ1) is 9.29. The van der Waals surface area contributed by atoms with Crippen LogP contribution in [0.2, 0.25) is 0 Å². The van der Waals surface area contributed by atoms with Gasteiger partial charge in [0.25, 0.3) is 0 Å². The van der Waals surface area contributed by atoms with Crippen molar-refractivity contribution < 1.29 is 9.53 Å². The molecule has 5 nitrogen and oxygen atoms in total. The minimum absolute atomic E-state index is 0.0318. The summed E-state index contributed by atoms with van der Waals surface area (Å²) in [6.45, 7) is 3.97. The molecule has 104 valence electrons. The average molecular weight is 263 g/mol. The second kappa shape index (κ2) is 6.99. The Bertz CT molecular complexity index is 417. The molecule has 1 aromatic rings. The van der Waals surface area contributed by atoms with Crippen molar-refractivity contribution in [2.24, 2.45) is 0 Å². The molecular formula is C14H21N3O2. The first-order valence-corrected chi connectivity index (χ1v) is 6.66. The molecular weight excluding hydrogens is 242 g/mol. The van der Waals surface area contributed by atoms with Crippen LogP contribution in [-0.4, -0.2) is 50.8 Å². The second-order valence-corrected chi connectivity index (χ2v) is 4.57. The standard InChI is InChI=1S/C14H21N3O2/c1-19-13-4-2-3-12(11-13)5-6-16-14(18)17-9-7-15-8-10-17/h2-4,11,15H,5-10H2,1H3,(H,16,18). The number of carbonyl (C=O) groups excluding carboxylic acids is 1. The summed E-state index contributed by atoms with van der Waals surface area (Å²) >= 11 is 0. The van der Waals surface area contributed by atoms with Crippen LogP contribution < -0.4 is 15.4 Å². The smallest absolute Gasteiger partial charge is 0.317 e. The van der Waals surface area contributed by atoms with Crippen LogP contribution in [0, 0.1) is 0 Å². The molecule has 1 aromatic carbocycles. The highest BCUT2D eigenvalue weighted by atomic mass is 16.5. The molecule has 0 saturated carbocycles. The predicted molar refractivity (Wildman–Crippen MR) is 74.5 cm³/mol. The fraction of sp³-hybridized carbons (Fsp3) is 0.500. The van der Waals surface area contributed by atoms with Gasteiger partial charge in [0.15, 0.2) is 0 Å². The number of amides is 2. The number of carbonyl (C=O) groups is 1. The zero-order valence-corrected chi connectivity index (χ0v) is 11.3. The maximum atomic E-state index is 11.9. The quantitative estimate of drug-likeness (QED) is 0.847. The number of piperazine rings is 1. The lowest BCUT2D eigenvalue weighted by atomic mass is 10.1. The predicted octanol–water partition coefficient (Wildman–Crippen LogP) is 0.852. The normalized spacial score (nSPS) is 15.1. The Morgan fingerprint density at radius 1 is 1.42 bits per heavy atom. The largest absolute Gasteiger partial charge is 0.497 e. The molecule has 5 heteroatoms. The maximum Gasteiger partial charge on any atom is 0.317 e. The van der Waals surface area contributed by atoms with E-state index in [2.05, 4.69) is 10.6 Å².